The Morgan fingerprint density at radius 3 is 3.00 bits per heavy atom. The lowest BCUT2D eigenvalue weighted by Gasteiger charge is -2.31. The van der Waals surface area contributed by atoms with Crippen molar-refractivity contribution in [2.75, 3.05) is 0 Å². The molecule has 0 amide bonds. The van der Waals surface area contributed by atoms with Crippen LogP contribution >= 0.6 is 11.3 Å². The Balaban J connectivity index is 2.21. The van der Waals surface area contributed by atoms with E-state index in [1.165, 1.54) is 17.7 Å². The summed E-state index contributed by atoms with van der Waals surface area (Å²) in [4.78, 5) is 8.02. The second kappa shape index (κ2) is 2.96. The molecule has 0 bridgehead atoms. The second-order valence-corrected chi connectivity index (χ2v) is 3.84. The van der Waals surface area contributed by atoms with Crippen LogP contribution in [0.2, 0.25) is 0 Å². The van der Waals surface area contributed by atoms with Gasteiger partial charge in [0, 0.05) is 6.07 Å². The van der Waals surface area contributed by atoms with Crippen LogP contribution in [0.4, 0.5) is 17.2 Å². The van der Waals surface area contributed by atoms with Crippen LogP contribution in [-0.2, 0) is 0 Å². The Labute approximate surface area is 90.3 Å². The summed E-state index contributed by atoms with van der Waals surface area (Å²) < 4.78 is -0.712. The van der Waals surface area contributed by atoms with Gasteiger partial charge >= 0.3 is 0 Å². The van der Waals surface area contributed by atoms with Gasteiger partial charge in [-0.25, -0.2) is 4.65 Å². The number of nitrogens with zero attached hydrogens (tertiary/aromatic N) is 3. The highest BCUT2D eigenvalue weighted by Crippen LogP contribution is 2.42. The molecule has 1 aliphatic heterocycles. The maximum atomic E-state index is 12.5. The van der Waals surface area contributed by atoms with Gasteiger partial charge in [-0.05, 0) is 6.07 Å². The number of fused-ring (bicyclic) bond motifs is 1. The zero-order chi connectivity index (χ0) is 10.3. The summed E-state index contributed by atoms with van der Waals surface area (Å²) in [7, 11) is 0. The molecule has 0 N–H and O–H groups in total. The molecule has 2 heterocycles. The average Bonchev–Trinajstić information content (AvgIpc) is 2.88. The first kappa shape index (κ1) is 8.72. The van der Waals surface area contributed by atoms with Gasteiger partial charge in [-0.1, -0.05) is 12.1 Å². The summed E-state index contributed by atoms with van der Waals surface area (Å²) in [5.41, 5.74) is 3.99. The van der Waals surface area contributed by atoms with Crippen LogP contribution in [-0.4, -0.2) is 11.3 Å². The number of hydrogen-bond donors (Lipinski definition) is 0. The highest BCUT2D eigenvalue weighted by molar-refractivity contribution is 7.07. The van der Waals surface area contributed by atoms with Crippen LogP contribution in [0, 0.1) is 10.7 Å². The van der Waals surface area contributed by atoms with Crippen molar-refractivity contribution in [2.45, 2.75) is 0 Å². The molecule has 2 aromatic rings. The van der Waals surface area contributed by atoms with Crippen molar-refractivity contribution in [2.24, 2.45) is 4.99 Å². The molecule has 0 spiro atoms. The number of rotatable bonds is 1. The lowest BCUT2D eigenvalue weighted by molar-refractivity contribution is 0.755. The van der Waals surface area contributed by atoms with E-state index >= 15 is 0 Å². The van der Waals surface area contributed by atoms with Gasteiger partial charge in [-0.3, -0.25) is 0 Å². The Morgan fingerprint density at radius 1 is 1.33 bits per heavy atom. The lowest BCUT2D eigenvalue weighted by atomic mass is 10.2. The number of quaternary nitrogens is 1. The predicted octanol–water partition coefficient (Wildman–Crippen LogP) is 2.75. The maximum Gasteiger partial charge on any atom is 0.250 e. The molecule has 15 heavy (non-hydrogen) atoms. The van der Waals surface area contributed by atoms with Gasteiger partial charge in [-0.15, -0.1) is 11.3 Å². The fourth-order valence-corrected chi connectivity index (χ4v) is 2.09. The monoisotopic (exact) mass is 216 g/mol. The second-order valence-electron chi connectivity index (χ2n) is 3.19. The first-order chi connectivity index (χ1) is 7.31. The third-order valence-corrected chi connectivity index (χ3v) is 2.84. The molecule has 1 aromatic carbocycles. The summed E-state index contributed by atoms with van der Waals surface area (Å²) in [6.07, 6.45) is 1.35. The minimum atomic E-state index is -0.712. The third-order valence-electron chi connectivity index (χ3n) is 2.32. The quantitative estimate of drug-likeness (QED) is 0.543. The van der Waals surface area contributed by atoms with E-state index in [1.807, 2.05) is 18.2 Å². The van der Waals surface area contributed by atoms with E-state index < -0.39 is 4.65 Å². The molecule has 1 aliphatic rings. The average molecular weight is 216 g/mol. The molecule has 5 heteroatoms. The Bertz CT molecular complexity index is 523. The highest BCUT2D eigenvalue weighted by atomic mass is 32.1. The molecule has 0 aliphatic carbocycles. The van der Waals surface area contributed by atoms with Crippen molar-refractivity contribution in [3.05, 3.63) is 40.4 Å². The summed E-state index contributed by atoms with van der Waals surface area (Å²) in [5.74, 6) is 0.411. The van der Waals surface area contributed by atoms with Crippen LogP contribution in [0.25, 0.3) is 0 Å². The fourth-order valence-electron chi connectivity index (χ4n) is 1.57. The first-order valence-electron chi connectivity index (χ1n) is 4.37. The molecule has 1 radical (unpaired) electrons. The molecule has 73 valence electrons. The normalized spacial score (nSPS) is 23.0. The molecule has 4 nitrogen and oxygen atoms in total. The minimum absolute atomic E-state index is 0.411. The number of benzene rings is 1. The number of hydroxylamine groups is 1. The van der Waals surface area contributed by atoms with Crippen molar-refractivity contribution < 1.29 is 0 Å². The molecular formula is C10H6N3OS. The largest absolute Gasteiger partial charge is 0.614 e. The standard InChI is InChI=1S/C10H6N3OS/c14-13(10-5-15-7-12-10)6-11-8-3-1-2-4-9(8)13/h1-6H. The van der Waals surface area contributed by atoms with E-state index in [-0.39, 0.29) is 0 Å². The molecule has 0 saturated heterocycles. The van der Waals surface area contributed by atoms with E-state index in [9.17, 15) is 5.21 Å². The van der Waals surface area contributed by atoms with E-state index in [1.54, 1.807) is 11.4 Å². The van der Waals surface area contributed by atoms with Crippen LogP contribution in [0.15, 0.2) is 34.6 Å². The van der Waals surface area contributed by atoms with Crippen molar-refractivity contribution in [1.82, 2.24) is 9.63 Å². The van der Waals surface area contributed by atoms with Gasteiger partial charge in [0.15, 0.2) is 11.2 Å². The SMILES string of the molecule is [O-][N+]1(c2cs[c]n2)C=Nc2ccccc21. The molecule has 1 unspecified atom stereocenters. The van der Waals surface area contributed by atoms with Gasteiger partial charge in [0.25, 0.3) is 0 Å². The predicted molar refractivity (Wildman–Crippen MR) is 60.4 cm³/mol. The third kappa shape index (κ3) is 1.14. The fraction of sp³-hybridized carbons (Fsp3) is 0. The summed E-state index contributed by atoms with van der Waals surface area (Å²) in [6, 6.07) is 7.28. The number of thiazole rings is 1. The molecule has 3 rings (SSSR count). The minimum Gasteiger partial charge on any atom is -0.614 e. The Kier molecular flexibility index (Phi) is 1.72. The van der Waals surface area contributed by atoms with E-state index in [4.69, 9.17) is 0 Å². The Hall–Kier alpha value is -1.56. The van der Waals surface area contributed by atoms with Crippen LogP contribution in [0.5, 0.6) is 0 Å². The van der Waals surface area contributed by atoms with Gasteiger partial charge in [0.05, 0.1) is 5.38 Å². The van der Waals surface area contributed by atoms with Crippen LogP contribution in [0.1, 0.15) is 0 Å². The van der Waals surface area contributed by atoms with Gasteiger partial charge < -0.3 is 5.21 Å². The van der Waals surface area contributed by atoms with Crippen molar-refractivity contribution in [3.63, 3.8) is 0 Å². The first-order valence-corrected chi connectivity index (χ1v) is 5.25. The number of para-hydroxylation sites is 2. The smallest absolute Gasteiger partial charge is 0.250 e. The zero-order valence-electron chi connectivity index (χ0n) is 7.62. The van der Waals surface area contributed by atoms with E-state index in [0.29, 0.717) is 17.2 Å². The molecular weight excluding hydrogens is 210 g/mol. The summed E-state index contributed by atoms with van der Waals surface area (Å²) in [5, 5.41) is 14.2. The maximum absolute atomic E-state index is 12.5. The summed E-state index contributed by atoms with van der Waals surface area (Å²) in [6.45, 7) is 0. The van der Waals surface area contributed by atoms with Crippen molar-refractivity contribution in [3.8, 4) is 0 Å². The topological polar surface area (TPSA) is 48.3 Å². The van der Waals surface area contributed by atoms with Crippen molar-refractivity contribution >= 4 is 34.9 Å². The molecule has 1 atom stereocenters. The van der Waals surface area contributed by atoms with E-state index in [0.717, 1.165) is 0 Å². The number of aromatic nitrogens is 1. The summed E-state index contributed by atoms with van der Waals surface area (Å²) >= 11 is 1.29. The zero-order valence-corrected chi connectivity index (χ0v) is 8.44. The van der Waals surface area contributed by atoms with Crippen LogP contribution in [0.3, 0.4) is 0 Å². The number of hydrogen-bond acceptors (Lipinski definition) is 4. The number of aliphatic imine (C=N–C) groups is 1. The lowest BCUT2D eigenvalue weighted by Crippen LogP contribution is -2.33. The molecule has 1 aromatic heterocycles. The van der Waals surface area contributed by atoms with E-state index in [2.05, 4.69) is 15.5 Å². The highest BCUT2D eigenvalue weighted by Gasteiger charge is 2.31. The van der Waals surface area contributed by atoms with Gasteiger partial charge in [0.2, 0.25) is 12.2 Å². The van der Waals surface area contributed by atoms with Crippen molar-refractivity contribution in [1.29, 1.82) is 0 Å². The van der Waals surface area contributed by atoms with Crippen LogP contribution < -0.4 is 4.65 Å². The molecule has 0 saturated carbocycles. The Morgan fingerprint density at radius 2 is 2.20 bits per heavy atom. The molecule has 0 fully saturated rings. The van der Waals surface area contributed by atoms with Gasteiger partial charge in [-0.2, -0.15) is 9.98 Å². The van der Waals surface area contributed by atoms with Gasteiger partial charge in [0.1, 0.15) is 5.69 Å².